The molecule has 3 rings (SSSR count). The van der Waals surface area contributed by atoms with Crippen molar-refractivity contribution < 1.29 is 9.59 Å². The van der Waals surface area contributed by atoms with Crippen LogP contribution in [0.15, 0.2) is 59.1 Å². The van der Waals surface area contributed by atoms with E-state index in [1.165, 1.54) is 0 Å². The lowest BCUT2D eigenvalue weighted by molar-refractivity contribution is -0.129. The molecule has 0 bridgehead atoms. The minimum atomic E-state index is -0.626. The number of hydrogen-bond donors (Lipinski definition) is 1. The van der Waals surface area contributed by atoms with E-state index in [1.54, 1.807) is 4.90 Å². The number of hydrogen-bond acceptors (Lipinski definition) is 2. The van der Waals surface area contributed by atoms with Gasteiger partial charge in [0, 0.05) is 22.4 Å². The summed E-state index contributed by atoms with van der Waals surface area (Å²) in [6, 6.07) is 16.7. The van der Waals surface area contributed by atoms with Crippen molar-refractivity contribution in [2.75, 3.05) is 16.8 Å². The van der Waals surface area contributed by atoms with Gasteiger partial charge in [-0.25, -0.2) is 0 Å². The van der Waals surface area contributed by atoms with Gasteiger partial charge in [0.05, 0.1) is 0 Å². The maximum atomic E-state index is 12.5. The molecular formula is C17H15BrN2O2. The summed E-state index contributed by atoms with van der Waals surface area (Å²) < 4.78 is 0.912. The number of para-hydroxylation sites is 1. The molecule has 0 saturated carbocycles. The highest BCUT2D eigenvalue weighted by atomic mass is 79.9. The maximum absolute atomic E-state index is 12.5. The Kier molecular flexibility index (Phi) is 4.24. The zero-order valence-electron chi connectivity index (χ0n) is 11.8. The minimum Gasteiger partial charge on any atom is -0.325 e. The normalized spacial score (nSPS) is 17.6. The number of rotatable bonds is 3. The number of nitrogens with one attached hydrogen (secondary N) is 1. The third-order valence-corrected chi connectivity index (χ3v) is 4.18. The van der Waals surface area contributed by atoms with E-state index in [2.05, 4.69) is 21.2 Å². The summed E-state index contributed by atoms with van der Waals surface area (Å²) >= 11 is 3.40. The van der Waals surface area contributed by atoms with Gasteiger partial charge in [0.25, 0.3) is 0 Å². The Balaban J connectivity index is 1.72. The lowest BCUT2D eigenvalue weighted by atomic mass is 10.1. The van der Waals surface area contributed by atoms with Crippen LogP contribution in [0.1, 0.15) is 6.42 Å². The van der Waals surface area contributed by atoms with Crippen molar-refractivity contribution in [3.63, 3.8) is 0 Å². The van der Waals surface area contributed by atoms with Crippen molar-refractivity contribution in [3.05, 3.63) is 59.1 Å². The molecule has 2 aromatic rings. The SMILES string of the molecule is O=C(Nc1ccccc1)[C@@H]1CCN(c2cccc(Br)c2)C1=O. The highest BCUT2D eigenvalue weighted by Crippen LogP contribution is 2.28. The van der Waals surface area contributed by atoms with Gasteiger partial charge in [-0.1, -0.05) is 40.2 Å². The van der Waals surface area contributed by atoms with Crippen LogP contribution in [0.25, 0.3) is 0 Å². The van der Waals surface area contributed by atoms with Gasteiger partial charge in [0.1, 0.15) is 5.92 Å². The molecule has 1 saturated heterocycles. The van der Waals surface area contributed by atoms with Gasteiger partial charge in [-0.05, 0) is 36.8 Å². The van der Waals surface area contributed by atoms with Crippen molar-refractivity contribution in [3.8, 4) is 0 Å². The van der Waals surface area contributed by atoms with E-state index >= 15 is 0 Å². The molecule has 1 fully saturated rings. The van der Waals surface area contributed by atoms with Crippen LogP contribution < -0.4 is 10.2 Å². The van der Waals surface area contributed by atoms with E-state index < -0.39 is 5.92 Å². The molecular weight excluding hydrogens is 344 g/mol. The standard InChI is InChI=1S/C17H15BrN2O2/c18-12-5-4-8-14(11-12)20-10-9-15(17(20)22)16(21)19-13-6-2-1-3-7-13/h1-8,11,15H,9-10H2,(H,19,21)/t15-/m0/s1. The third kappa shape index (κ3) is 3.04. The predicted octanol–water partition coefficient (Wildman–Crippen LogP) is 3.44. The fourth-order valence-electron chi connectivity index (χ4n) is 2.57. The molecule has 112 valence electrons. The first-order valence-electron chi connectivity index (χ1n) is 7.08. The molecule has 0 aliphatic carbocycles. The van der Waals surface area contributed by atoms with Crippen molar-refractivity contribution in [1.82, 2.24) is 0 Å². The number of carbonyl (C=O) groups excluding carboxylic acids is 2. The summed E-state index contributed by atoms with van der Waals surface area (Å²) in [5.41, 5.74) is 1.52. The Morgan fingerprint density at radius 2 is 1.91 bits per heavy atom. The number of amides is 2. The van der Waals surface area contributed by atoms with Gasteiger partial charge in [-0.15, -0.1) is 0 Å². The number of benzene rings is 2. The van der Waals surface area contributed by atoms with Gasteiger partial charge >= 0.3 is 0 Å². The molecule has 1 atom stereocenters. The van der Waals surface area contributed by atoms with Crippen molar-refractivity contribution >= 4 is 39.1 Å². The highest BCUT2D eigenvalue weighted by Gasteiger charge is 2.37. The quantitative estimate of drug-likeness (QED) is 0.854. The van der Waals surface area contributed by atoms with Crippen LogP contribution in [0.2, 0.25) is 0 Å². The van der Waals surface area contributed by atoms with Gasteiger partial charge in [-0.2, -0.15) is 0 Å². The van der Waals surface area contributed by atoms with Crippen molar-refractivity contribution in [2.24, 2.45) is 5.92 Å². The van der Waals surface area contributed by atoms with E-state index in [0.717, 1.165) is 10.2 Å². The highest BCUT2D eigenvalue weighted by molar-refractivity contribution is 9.10. The zero-order valence-corrected chi connectivity index (χ0v) is 13.4. The molecule has 1 heterocycles. The number of anilines is 2. The predicted molar refractivity (Wildman–Crippen MR) is 89.7 cm³/mol. The van der Waals surface area contributed by atoms with Crippen LogP contribution in [0.5, 0.6) is 0 Å². The number of carbonyl (C=O) groups is 2. The Morgan fingerprint density at radius 3 is 2.64 bits per heavy atom. The molecule has 0 aromatic heterocycles. The summed E-state index contributed by atoms with van der Waals surface area (Å²) in [7, 11) is 0. The van der Waals surface area contributed by atoms with E-state index in [0.29, 0.717) is 18.7 Å². The molecule has 4 nitrogen and oxygen atoms in total. The molecule has 22 heavy (non-hydrogen) atoms. The maximum Gasteiger partial charge on any atom is 0.239 e. The van der Waals surface area contributed by atoms with Gasteiger partial charge in [0.2, 0.25) is 11.8 Å². The van der Waals surface area contributed by atoms with Gasteiger partial charge < -0.3 is 10.2 Å². The van der Waals surface area contributed by atoms with Crippen LogP contribution in [-0.4, -0.2) is 18.4 Å². The van der Waals surface area contributed by atoms with Crippen LogP contribution in [0, 0.1) is 5.92 Å². The molecule has 0 unspecified atom stereocenters. The molecule has 2 aromatic carbocycles. The third-order valence-electron chi connectivity index (χ3n) is 3.68. The smallest absolute Gasteiger partial charge is 0.239 e. The molecule has 2 amide bonds. The fraction of sp³-hybridized carbons (Fsp3) is 0.176. The number of halogens is 1. The monoisotopic (exact) mass is 358 g/mol. The second-order valence-electron chi connectivity index (χ2n) is 5.17. The van der Waals surface area contributed by atoms with Crippen LogP contribution in [0.4, 0.5) is 11.4 Å². The zero-order chi connectivity index (χ0) is 15.5. The average Bonchev–Trinajstić information content (AvgIpc) is 2.90. The number of nitrogens with zero attached hydrogens (tertiary/aromatic N) is 1. The first-order valence-corrected chi connectivity index (χ1v) is 7.87. The molecule has 0 radical (unpaired) electrons. The summed E-state index contributed by atoms with van der Waals surface area (Å²) in [6.07, 6.45) is 0.532. The van der Waals surface area contributed by atoms with E-state index in [-0.39, 0.29) is 11.8 Å². The van der Waals surface area contributed by atoms with Crippen molar-refractivity contribution in [2.45, 2.75) is 6.42 Å². The largest absolute Gasteiger partial charge is 0.325 e. The topological polar surface area (TPSA) is 49.4 Å². The second-order valence-corrected chi connectivity index (χ2v) is 6.08. The van der Waals surface area contributed by atoms with E-state index in [4.69, 9.17) is 0 Å². The van der Waals surface area contributed by atoms with E-state index in [9.17, 15) is 9.59 Å². The first kappa shape index (κ1) is 14.8. The van der Waals surface area contributed by atoms with E-state index in [1.807, 2.05) is 54.6 Å². The Hall–Kier alpha value is -2.14. The van der Waals surface area contributed by atoms with Crippen molar-refractivity contribution in [1.29, 1.82) is 0 Å². The summed E-state index contributed by atoms with van der Waals surface area (Å²) in [5.74, 6) is -1.01. The summed E-state index contributed by atoms with van der Waals surface area (Å²) in [5, 5.41) is 2.80. The van der Waals surface area contributed by atoms with Gasteiger partial charge in [0.15, 0.2) is 0 Å². The second kappa shape index (κ2) is 6.32. The Bertz CT molecular complexity index is 703. The van der Waals surface area contributed by atoms with Crippen LogP contribution in [0.3, 0.4) is 0 Å². The molecule has 1 aliphatic heterocycles. The first-order chi connectivity index (χ1) is 10.6. The van der Waals surface area contributed by atoms with Crippen LogP contribution in [-0.2, 0) is 9.59 Å². The fourth-order valence-corrected chi connectivity index (χ4v) is 2.96. The Morgan fingerprint density at radius 1 is 1.14 bits per heavy atom. The summed E-state index contributed by atoms with van der Waals surface area (Å²) in [6.45, 7) is 0.558. The minimum absolute atomic E-state index is 0.147. The lowest BCUT2D eigenvalue weighted by Crippen LogP contribution is -2.33. The Labute approximate surface area is 137 Å². The molecule has 5 heteroatoms. The molecule has 0 spiro atoms. The summed E-state index contributed by atoms with van der Waals surface area (Å²) in [4.78, 5) is 26.5. The average molecular weight is 359 g/mol. The van der Waals surface area contributed by atoms with Crippen LogP contribution >= 0.6 is 15.9 Å². The lowest BCUT2D eigenvalue weighted by Gasteiger charge is -2.17. The van der Waals surface area contributed by atoms with Gasteiger partial charge in [-0.3, -0.25) is 9.59 Å². The molecule has 1 N–H and O–H groups in total. The molecule has 1 aliphatic rings.